The van der Waals surface area contributed by atoms with E-state index in [-0.39, 0.29) is 10.9 Å². The maximum Gasteiger partial charge on any atom is 0.268 e. The van der Waals surface area contributed by atoms with Crippen molar-refractivity contribution in [2.75, 3.05) is 13.7 Å². The Labute approximate surface area is 166 Å². The Kier molecular flexibility index (Phi) is 6.36. The average Bonchev–Trinajstić information content (AvgIpc) is 3.37. The molecule has 4 rings (SSSR count). The first-order valence-electron chi connectivity index (χ1n) is 9.69. The molecule has 0 radical (unpaired) electrons. The Bertz CT molecular complexity index is 1020. The summed E-state index contributed by atoms with van der Waals surface area (Å²) in [6.45, 7) is 4.97. The number of rotatable bonds is 5. The largest absolute Gasteiger partial charge is 0.481 e. The highest BCUT2D eigenvalue weighted by atomic mass is 32.2. The van der Waals surface area contributed by atoms with E-state index >= 15 is 0 Å². The minimum Gasteiger partial charge on any atom is -0.481 e. The number of nitrogens with one attached hydrogen (secondary N) is 1. The molecule has 0 aliphatic carbocycles. The van der Waals surface area contributed by atoms with Gasteiger partial charge < -0.3 is 10.1 Å². The predicted molar refractivity (Wildman–Crippen MR) is 111 cm³/mol. The van der Waals surface area contributed by atoms with E-state index in [1.165, 1.54) is 3.97 Å². The molecule has 1 N–H and O–H groups in total. The number of nitrogens with zero attached hydrogens (tertiary/aromatic N) is 2. The number of fused-ring (bicyclic) bond motifs is 1. The third-order valence-corrected chi connectivity index (χ3v) is 6.55. The van der Waals surface area contributed by atoms with E-state index in [2.05, 4.69) is 10.3 Å². The minimum atomic E-state index is -3.71. The van der Waals surface area contributed by atoms with Gasteiger partial charge in [-0.15, -0.1) is 0 Å². The van der Waals surface area contributed by atoms with Gasteiger partial charge in [0.05, 0.1) is 23.0 Å². The summed E-state index contributed by atoms with van der Waals surface area (Å²) < 4.78 is 33.3. The van der Waals surface area contributed by atoms with Crippen molar-refractivity contribution in [1.82, 2.24) is 14.3 Å². The van der Waals surface area contributed by atoms with E-state index in [1.54, 1.807) is 43.5 Å². The molecule has 0 bridgehead atoms. The van der Waals surface area contributed by atoms with E-state index in [0.29, 0.717) is 23.3 Å². The van der Waals surface area contributed by atoms with Crippen LogP contribution < -0.4 is 10.1 Å². The maximum atomic E-state index is 13.3. The lowest BCUT2D eigenvalue weighted by Crippen LogP contribution is -2.26. The van der Waals surface area contributed by atoms with Crippen LogP contribution in [0.15, 0.2) is 53.4 Å². The Balaban J connectivity index is 0.00000109. The second-order valence-corrected chi connectivity index (χ2v) is 8.26. The average molecular weight is 402 g/mol. The van der Waals surface area contributed by atoms with E-state index < -0.39 is 10.0 Å². The van der Waals surface area contributed by atoms with Crippen molar-refractivity contribution in [2.24, 2.45) is 0 Å². The summed E-state index contributed by atoms with van der Waals surface area (Å²) in [7, 11) is -2.16. The molecule has 1 atom stereocenters. The molecule has 7 heteroatoms. The van der Waals surface area contributed by atoms with Crippen LogP contribution in [0, 0.1) is 0 Å². The molecule has 1 fully saturated rings. The summed E-state index contributed by atoms with van der Waals surface area (Å²) in [4.78, 5) is 4.70. The topological polar surface area (TPSA) is 73.2 Å². The monoisotopic (exact) mass is 401 g/mol. The van der Waals surface area contributed by atoms with Gasteiger partial charge in [-0.25, -0.2) is 17.4 Å². The van der Waals surface area contributed by atoms with Gasteiger partial charge in [-0.05, 0) is 43.7 Å². The second kappa shape index (κ2) is 8.75. The number of hydrogen-bond donors (Lipinski definition) is 1. The molecule has 3 heterocycles. The number of pyridine rings is 1. The fraction of sp³-hybridized carbons (Fsp3) is 0.381. The fourth-order valence-electron chi connectivity index (χ4n) is 3.52. The number of methoxy groups -OCH3 is 1. The van der Waals surface area contributed by atoms with Crippen LogP contribution >= 0.6 is 0 Å². The third-order valence-electron chi connectivity index (χ3n) is 4.77. The molecule has 6 nitrogen and oxygen atoms in total. The maximum absolute atomic E-state index is 13.3. The predicted octanol–water partition coefficient (Wildman–Crippen LogP) is 3.60. The fourth-order valence-corrected chi connectivity index (χ4v) is 5.08. The van der Waals surface area contributed by atoms with E-state index in [0.717, 1.165) is 25.1 Å². The summed E-state index contributed by atoms with van der Waals surface area (Å²) >= 11 is 0. The summed E-state index contributed by atoms with van der Waals surface area (Å²) in [5, 5.41) is 3.44. The van der Waals surface area contributed by atoms with Crippen LogP contribution in [0.4, 0.5) is 0 Å². The van der Waals surface area contributed by atoms with Gasteiger partial charge in [-0.2, -0.15) is 0 Å². The first-order valence-corrected chi connectivity index (χ1v) is 11.1. The molecule has 0 spiro atoms. The van der Waals surface area contributed by atoms with Crippen molar-refractivity contribution in [3.63, 3.8) is 0 Å². The van der Waals surface area contributed by atoms with Gasteiger partial charge in [0.25, 0.3) is 10.0 Å². The molecule has 1 aliphatic rings. The number of ether oxygens (including phenoxy) is 1. The summed E-state index contributed by atoms with van der Waals surface area (Å²) in [6.07, 6.45) is 2.80. The SMILES string of the molecule is CC.COc1ccc2c(cc(CC3CCCN3)n2S(=O)(=O)c2ccccc2)n1. The molecular formula is C21H27N3O3S. The molecule has 150 valence electrons. The van der Waals surface area contributed by atoms with Crippen LogP contribution in [-0.2, 0) is 16.4 Å². The lowest BCUT2D eigenvalue weighted by atomic mass is 10.1. The van der Waals surface area contributed by atoms with Crippen molar-refractivity contribution in [3.05, 3.63) is 54.2 Å². The lowest BCUT2D eigenvalue weighted by molar-refractivity contribution is 0.399. The van der Waals surface area contributed by atoms with Gasteiger partial charge in [0, 0.05) is 24.2 Å². The molecule has 1 aromatic carbocycles. The molecule has 0 saturated carbocycles. The quantitative estimate of drug-likeness (QED) is 0.707. The molecule has 2 aromatic heterocycles. The van der Waals surface area contributed by atoms with Crippen molar-refractivity contribution >= 4 is 21.1 Å². The van der Waals surface area contributed by atoms with Crippen LogP contribution in [0.25, 0.3) is 11.0 Å². The van der Waals surface area contributed by atoms with Gasteiger partial charge in [-0.3, -0.25) is 0 Å². The van der Waals surface area contributed by atoms with Crippen LogP contribution in [-0.4, -0.2) is 37.1 Å². The Morgan fingerprint density at radius 3 is 2.57 bits per heavy atom. The van der Waals surface area contributed by atoms with Crippen molar-refractivity contribution in [1.29, 1.82) is 0 Å². The molecule has 3 aromatic rings. The molecule has 0 amide bonds. The Morgan fingerprint density at radius 2 is 1.93 bits per heavy atom. The van der Waals surface area contributed by atoms with Gasteiger partial charge in [-0.1, -0.05) is 32.0 Å². The normalized spacial score (nSPS) is 16.6. The van der Waals surface area contributed by atoms with E-state index in [4.69, 9.17) is 4.74 Å². The van der Waals surface area contributed by atoms with Crippen LogP contribution in [0.3, 0.4) is 0 Å². The van der Waals surface area contributed by atoms with E-state index in [1.807, 2.05) is 26.0 Å². The third kappa shape index (κ3) is 3.91. The van der Waals surface area contributed by atoms with Crippen molar-refractivity contribution in [2.45, 2.75) is 44.0 Å². The minimum absolute atomic E-state index is 0.272. The molecule has 28 heavy (non-hydrogen) atoms. The van der Waals surface area contributed by atoms with Gasteiger partial charge in [0.15, 0.2) is 0 Å². The highest BCUT2D eigenvalue weighted by Gasteiger charge is 2.26. The van der Waals surface area contributed by atoms with E-state index in [9.17, 15) is 8.42 Å². The molecular weight excluding hydrogens is 374 g/mol. The summed E-state index contributed by atoms with van der Waals surface area (Å²) in [5.74, 6) is 0.470. The Morgan fingerprint density at radius 1 is 1.18 bits per heavy atom. The lowest BCUT2D eigenvalue weighted by Gasteiger charge is -2.15. The highest BCUT2D eigenvalue weighted by Crippen LogP contribution is 2.28. The zero-order chi connectivity index (χ0) is 20.1. The van der Waals surface area contributed by atoms with Gasteiger partial charge >= 0.3 is 0 Å². The number of hydrogen-bond acceptors (Lipinski definition) is 5. The van der Waals surface area contributed by atoms with Crippen LogP contribution in [0.2, 0.25) is 0 Å². The van der Waals surface area contributed by atoms with Gasteiger partial charge in [0.1, 0.15) is 0 Å². The molecule has 1 aliphatic heterocycles. The van der Waals surface area contributed by atoms with Crippen molar-refractivity contribution in [3.8, 4) is 5.88 Å². The Hall–Kier alpha value is -2.38. The first kappa shape index (κ1) is 20.4. The van der Waals surface area contributed by atoms with Gasteiger partial charge in [0.2, 0.25) is 5.88 Å². The second-order valence-electron chi connectivity index (χ2n) is 6.47. The number of aromatic nitrogens is 2. The first-order chi connectivity index (χ1) is 13.6. The standard InChI is InChI=1S/C19H21N3O3S.C2H6/c1-25-19-10-9-18-17(21-19)13-15(12-14-6-5-11-20-14)22(18)26(23,24)16-7-3-2-4-8-16;1-2/h2-4,7-10,13-14,20H,5-6,11-12H2,1H3;1-2H3. The number of benzene rings is 1. The smallest absolute Gasteiger partial charge is 0.268 e. The van der Waals surface area contributed by atoms with Crippen molar-refractivity contribution < 1.29 is 13.2 Å². The molecule has 1 unspecified atom stereocenters. The van der Waals surface area contributed by atoms with Crippen LogP contribution in [0.1, 0.15) is 32.4 Å². The zero-order valence-electron chi connectivity index (χ0n) is 16.6. The summed E-state index contributed by atoms with van der Waals surface area (Å²) in [6, 6.07) is 14.1. The summed E-state index contributed by atoms with van der Waals surface area (Å²) in [5.41, 5.74) is 1.93. The van der Waals surface area contributed by atoms with Crippen LogP contribution in [0.5, 0.6) is 5.88 Å². The molecule has 1 saturated heterocycles. The zero-order valence-corrected chi connectivity index (χ0v) is 17.4. The highest BCUT2D eigenvalue weighted by molar-refractivity contribution is 7.90.